The summed E-state index contributed by atoms with van der Waals surface area (Å²) < 4.78 is 5.00. The van der Waals surface area contributed by atoms with Gasteiger partial charge < -0.3 is 4.74 Å². The summed E-state index contributed by atoms with van der Waals surface area (Å²) in [6.45, 7) is 14.8. The number of carbonyl (C=O) groups excluding carboxylic acids is 1. The third-order valence-corrected chi connectivity index (χ3v) is 4.68. The van der Waals surface area contributed by atoms with Crippen molar-refractivity contribution in [2.75, 3.05) is 13.3 Å². The number of esters is 1. The standard InChI is InChI=1S/C20H29N3O2/c1-7-25-19(24)15(3)16(4)22-23-13-21-18(12-20(23,5)6)17-11-9-8-10-14(17)2/h8-11,18,21H,3,7,12-13H2,1-2,4-6H3/b22-16-. The van der Waals surface area contributed by atoms with E-state index in [2.05, 4.69) is 62.0 Å². The minimum absolute atomic E-state index is 0.144. The molecule has 1 aliphatic heterocycles. The van der Waals surface area contributed by atoms with Gasteiger partial charge in [-0.2, -0.15) is 5.10 Å². The van der Waals surface area contributed by atoms with Gasteiger partial charge in [0.05, 0.1) is 30.1 Å². The Morgan fingerprint density at radius 3 is 2.72 bits per heavy atom. The number of ether oxygens (including phenoxy) is 1. The zero-order chi connectivity index (χ0) is 18.6. The number of hydrazone groups is 1. The average Bonchev–Trinajstić information content (AvgIpc) is 2.56. The summed E-state index contributed by atoms with van der Waals surface area (Å²) in [4.78, 5) is 11.8. The first-order valence-corrected chi connectivity index (χ1v) is 8.74. The Labute approximate surface area is 150 Å². The van der Waals surface area contributed by atoms with Crippen LogP contribution in [-0.2, 0) is 9.53 Å². The Hall–Kier alpha value is -2.14. The van der Waals surface area contributed by atoms with E-state index in [1.807, 2.05) is 5.01 Å². The van der Waals surface area contributed by atoms with E-state index >= 15 is 0 Å². The number of nitrogens with one attached hydrogen (secondary N) is 1. The molecule has 1 N–H and O–H groups in total. The first-order chi connectivity index (χ1) is 11.8. The van der Waals surface area contributed by atoms with Crippen LogP contribution in [0.3, 0.4) is 0 Å². The second kappa shape index (κ2) is 7.83. The molecule has 0 aromatic heterocycles. The summed E-state index contributed by atoms with van der Waals surface area (Å²) >= 11 is 0. The van der Waals surface area contributed by atoms with Crippen molar-refractivity contribution in [3.63, 3.8) is 0 Å². The topological polar surface area (TPSA) is 53.9 Å². The van der Waals surface area contributed by atoms with Crippen molar-refractivity contribution in [3.05, 3.63) is 47.5 Å². The van der Waals surface area contributed by atoms with Gasteiger partial charge in [-0.1, -0.05) is 30.8 Å². The van der Waals surface area contributed by atoms with Crippen LogP contribution in [0.2, 0.25) is 0 Å². The van der Waals surface area contributed by atoms with Gasteiger partial charge in [-0.25, -0.2) is 4.79 Å². The molecule has 0 aliphatic carbocycles. The Kier molecular flexibility index (Phi) is 6.01. The fraction of sp³-hybridized carbons (Fsp3) is 0.500. The summed E-state index contributed by atoms with van der Waals surface area (Å²) in [5, 5.41) is 10.2. The van der Waals surface area contributed by atoms with Crippen molar-refractivity contribution in [2.24, 2.45) is 5.10 Å². The van der Waals surface area contributed by atoms with Gasteiger partial charge in [0.2, 0.25) is 0 Å². The minimum Gasteiger partial charge on any atom is -0.462 e. The third-order valence-electron chi connectivity index (χ3n) is 4.68. The number of carbonyl (C=O) groups is 1. The highest BCUT2D eigenvalue weighted by molar-refractivity contribution is 6.18. The highest BCUT2D eigenvalue weighted by Gasteiger charge is 2.35. The average molecular weight is 343 g/mol. The van der Waals surface area contributed by atoms with Crippen LogP contribution in [0.25, 0.3) is 0 Å². The number of rotatable bonds is 5. The number of hydrogen-bond donors (Lipinski definition) is 1. The number of hydrogen-bond acceptors (Lipinski definition) is 5. The SMILES string of the molecule is C=C(C(=O)OCC)/C(C)=N\N1CNC(c2ccccc2C)CC1(C)C. The van der Waals surface area contributed by atoms with Crippen LogP contribution < -0.4 is 5.32 Å². The molecule has 1 fully saturated rings. The molecule has 1 aromatic carbocycles. The molecule has 1 heterocycles. The van der Waals surface area contributed by atoms with Crippen LogP contribution in [0.5, 0.6) is 0 Å². The Bertz CT molecular complexity index is 679. The van der Waals surface area contributed by atoms with Gasteiger partial charge in [-0.3, -0.25) is 10.3 Å². The monoisotopic (exact) mass is 343 g/mol. The van der Waals surface area contributed by atoms with Gasteiger partial charge >= 0.3 is 5.97 Å². The molecule has 1 saturated heterocycles. The van der Waals surface area contributed by atoms with Crippen LogP contribution in [0.1, 0.15) is 51.3 Å². The van der Waals surface area contributed by atoms with Crippen molar-refractivity contribution in [1.29, 1.82) is 0 Å². The van der Waals surface area contributed by atoms with E-state index in [0.29, 0.717) is 24.6 Å². The highest BCUT2D eigenvalue weighted by Crippen LogP contribution is 2.33. The van der Waals surface area contributed by atoms with E-state index in [0.717, 1.165) is 6.42 Å². The third kappa shape index (κ3) is 4.48. The molecule has 5 heteroatoms. The summed E-state index contributed by atoms with van der Waals surface area (Å²) in [6, 6.07) is 8.75. The molecule has 1 unspecified atom stereocenters. The quantitative estimate of drug-likeness (QED) is 0.504. The lowest BCUT2D eigenvalue weighted by molar-refractivity contribution is -0.137. The van der Waals surface area contributed by atoms with E-state index in [4.69, 9.17) is 4.74 Å². The van der Waals surface area contributed by atoms with Crippen LogP contribution in [-0.4, -0.2) is 35.5 Å². The fourth-order valence-electron chi connectivity index (χ4n) is 3.06. The number of aryl methyl sites for hydroxylation is 1. The zero-order valence-electron chi connectivity index (χ0n) is 15.9. The van der Waals surface area contributed by atoms with Crippen molar-refractivity contribution in [1.82, 2.24) is 10.3 Å². The van der Waals surface area contributed by atoms with Crippen LogP contribution >= 0.6 is 0 Å². The molecule has 0 amide bonds. The predicted molar refractivity (Wildman–Crippen MR) is 101 cm³/mol. The van der Waals surface area contributed by atoms with Gasteiger partial charge in [-0.05, 0) is 52.2 Å². The maximum atomic E-state index is 11.8. The molecule has 1 aliphatic rings. The van der Waals surface area contributed by atoms with Crippen LogP contribution in [0.4, 0.5) is 0 Å². The molecule has 2 rings (SSSR count). The molecule has 0 radical (unpaired) electrons. The first-order valence-electron chi connectivity index (χ1n) is 8.74. The molecule has 0 spiro atoms. The normalized spacial score (nSPS) is 20.3. The first kappa shape index (κ1) is 19.2. The predicted octanol–water partition coefficient (Wildman–Crippen LogP) is 3.56. The van der Waals surface area contributed by atoms with Crippen molar-refractivity contribution in [2.45, 2.75) is 52.6 Å². The van der Waals surface area contributed by atoms with Gasteiger partial charge in [0, 0.05) is 6.04 Å². The van der Waals surface area contributed by atoms with E-state index in [9.17, 15) is 4.79 Å². The Morgan fingerprint density at radius 1 is 1.44 bits per heavy atom. The van der Waals surface area contributed by atoms with Crippen molar-refractivity contribution >= 4 is 11.7 Å². The second-order valence-corrected chi connectivity index (χ2v) is 7.07. The molecular weight excluding hydrogens is 314 g/mol. The molecule has 1 aromatic rings. The zero-order valence-corrected chi connectivity index (χ0v) is 15.9. The fourth-order valence-corrected chi connectivity index (χ4v) is 3.06. The summed E-state index contributed by atoms with van der Waals surface area (Å²) in [7, 11) is 0. The lowest BCUT2D eigenvalue weighted by atomic mass is 9.87. The van der Waals surface area contributed by atoms with Gasteiger partial charge in [-0.15, -0.1) is 0 Å². The molecule has 136 valence electrons. The van der Waals surface area contributed by atoms with Crippen molar-refractivity contribution < 1.29 is 9.53 Å². The van der Waals surface area contributed by atoms with Gasteiger partial charge in [0.1, 0.15) is 0 Å². The Balaban J connectivity index is 2.13. The van der Waals surface area contributed by atoms with E-state index in [1.54, 1.807) is 13.8 Å². The van der Waals surface area contributed by atoms with Crippen molar-refractivity contribution in [3.8, 4) is 0 Å². The highest BCUT2D eigenvalue weighted by atomic mass is 16.5. The number of benzene rings is 1. The molecule has 0 bridgehead atoms. The smallest absolute Gasteiger partial charge is 0.339 e. The van der Waals surface area contributed by atoms with E-state index < -0.39 is 5.97 Å². The van der Waals surface area contributed by atoms with Gasteiger partial charge in [0.15, 0.2) is 0 Å². The molecule has 0 saturated carbocycles. The maximum absolute atomic E-state index is 11.8. The largest absolute Gasteiger partial charge is 0.462 e. The molecule has 25 heavy (non-hydrogen) atoms. The summed E-state index contributed by atoms with van der Waals surface area (Å²) in [6.07, 6.45) is 0.917. The van der Waals surface area contributed by atoms with Crippen LogP contribution in [0.15, 0.2) is 41.5 Å². The lowest BCUT2D eigenvalue weighted by Gasteiger charge is -2.45. The lowest BCUT2D eigenvalue weighted by Crippen LogP contribution is -2.53. The minimum atomic E-state index is -0.413. The summed E-state index contributed by atoms with van der Waals surface area (Å²) in [5.74, 6) is -0.413. The number of nitrogens with zero attached hydrogens (tertiary/aromatic N) is 2. The summed E-state index contributed by atoms with van der Waals surface area (Å²) in [5.41, 5.74) is 3.36. The molecule has 1 atom stereocenters. The second-order valence-electron chi connectivity index (χ2n) is 7.07. The molecular formula is C20H29N3O2. The van der Waals surface area contributed by atoms with E-state index in [-0.39, 0.29) is 11.6 Å². The Morgan fingerprint density at radius 2 is 2.12 bits per heavy atom. The molecule has 5 nitrogen and oxygen atoms in total. The van der Waals surface area contributed by atoms with Gasteiger partial charge in [0.25, 0.3) is 0 Å². The van der Waals surface area contributed by atoms with E-state index in [1.165, 1.54) is 11.1 Å². The maximum Gasteiger partial charge on any atom is 0.339 e. The van der Waals surface area contributed by atoms with Crippen LogP contribution in [0, 0.1) is 6.92 Å².